The summed E-state index contributed by atoms with van der Waals surface area (Å²) in [5.74, 6) is -0.140. The zero-order valence-corrected chi connectivity index (χ0v) is 10.9. The minimum Gasteiger partial charge on any atom is -0.378 e. The number of aromatic amines is 2. The smallest absolute Gasteiger partial charge is 0.323 e. The van der Waals surface area contributed by atoms with Gasteiger partial charge >= 0.3 is 5.69 Å². The molecule has 1 aromatic rings. The Bertz CT molecular complexity index is 460. The van der Waals surface area contributed by atoms with Crippen LogP contribution in [0.3, 0.4) is 0 Å². The van der Waals surface area contributed by atoms with Crippen molar-refractivity contribution in [2.75, 3.05) is 26.2 Å². The Morgan fingerprint density at radius 3 is 2.79 bits per heavy atom. The van der Waals surface area contributed by atoms with E-state index in [9.17, 15) is 9.59 Å². The molecule has 0 saturated carbocycles. The number of hydrogen-bond donors (Lipinski definition) is 3. The Morgan fingerprint density at radius 2 is 2.21 bits per heavy atom. The highest BCUT2D eigenvalue weighted by molar-refractivity contribution is 5.92. The summed E-state index contributed by atoms with van der Waals surface area (Å²) in [5.41, 5.74) is 5.36. The number of H-pyrrole nitrogens is 2. The van der Waals surface area contributed by atoms with E-state index in [1.807, 2.05) is 0 Å². The van der Waals surface area contributed by atoms with Crippen molar-refractivity contribution < 1.29 is 9.53 Å². The standard InChI is InChI=1S/C12H20N4O3/c13-4-1-7-19-9-2-5-16(6-3-9)11(17)10-8-14-12(18)15-10/h8-9H,1-7,13H2,(H2,14,15,18). The average Bonchev–Trinajstić information content (AvgIpc) is 2.86. The van der Waals surface area contributed by atoms with E-state index in [1.165, 1.54) is 6.20 Å². The molecule has 0 spiro atoms. The van der Waals surface area contributed by atoms with Crippen LogP contribution in [0.4, 0.5) is 0 Å². The number of aromatic nitrogens is 2. The van der Waals surface area contributed by atoms with E-state index in [0.717, 1.165) is 19.3 Å². The highest BCUT2D eigenvalue weighted by atomic mass is 16.5. The number of ether oxygens (including phenoxy) is 1. The van der Waals surface area contributed by atoms with Crippen molar-refractivity contribution in [1.82, 2.24) is 14.9 Å². The number of likely N-dealkylation sites (tertiary alicyclic amines) is 1. The van der Waals surface area contributed by atoms with Gasteiger partial charge in [-0.2, -0.15) is 0 Å². The zero-order valence-electron chi connectivity index (χ0n) is 10.9. The second-order valence-electron chi connectivity index (χ2n) is 4.66. The monoisotopic (exact) mass is 268 g/mol. The van der Waals surface area contributed by atoms with Gasteiger partial charge in [-0.3, -0.25) is 4.79 Å². The maximum absolute atomic E-state index is 12.1. The number of piperidine rings is 1. The summed E-state index contributed by atoms with van der Waals surface area (Å²) < 4.78 is 5.68. The Labute approximate surface area is 111 Å². The van der Waals surface area contributed by atoms with E-state index in [4.69, 9.17) is 10.5 Å². The summed E-state index contributed by atoms with van der Waals surface area (Å²) in [6.45, 7) is 2.62. The normalized spacial score (nSPS) is 16.8. The average molecular weight is 268 g/mol. The molecule has 1 aliphatic rings. The summed E-state index contributed by atoms with van der Waals surface area (Å²) in [7, 11) is 0. The largest absolute Gasteiger partial charge is 0.378 e. The molecule has 0 atom stereocenters. The molecule has 7 heteroatoms. The summed E-state index contributed by atoms with van der Waals surface area (Å²) >= 11 is 0. The van der Waals surface area contributed by atoms with Gasteiger partial charge in [0.2, 0.25) is 0 Å². The maximum Gasteiger partial charge on any atom is 0.323 e. The molecule has 1 saturated heterocycles. The van der Waals surface area contributed by atoms with Crippen molar-refractivity contribution in [2.24, 2.45) is 5.73 Å². The van der Waals surface area contributed by atoms with Crippen LogP contribution in [-0.2, 0) is 4.74 Å². The lowest BCUT2D eigenvalue weighted by molar-refractivity contribution is 0.00830. The van der Waals surface area contributed by atoms with Gasteiger partial charge in [-0.25, -0.2) is 4.79 Å². The fraction of sp³-hybridized carbons (Fsp3) is 0.667. The molecule has 0 aliphatic carbocycles. The van der Waals surface area contributed by atoms with Crippen LogP contribution in [0.25, 0.3) is 0 Å². The number of nitrogens with two attached hydrogens (primary N) is 1. The van der Waals surface area contributed by atoms with E-state index in [1.54, 1.807) is 4.90 Å². The predicted molar refractivity (Wildman–Crippen MR) is 70.0 cm³/mol. The molecule has 1 aromatic heterocycles. The molecule has 2 rings (SSSR count). The number of carbonyl (C=O) groups is 1. The molecule has 0 radical (unpaired) electrons. The van der Waals surface area contributed by atoms with E-state index in [2.05, 4.69) is 9.97 Å². The van der Waals surface area contributed by atoms with Gasteiger partial charge in [0, 0.05) is 25.9 Å². The van der Waals surface area contributed by atoms with Gasteiger partial charge in [-0.1, -0.05) is 0 Å². The number of rotatable bonds is 5. The van der Waals surface area contributed by atoms with Crippen molar-refractivity contribution in [2.45, 2.75) is 25.4 Å². The van der Waals surface area contributed by atoms with Crippen molar-refractivity contribution >= 4 is 5.91 Å². The van der Waals surface area contributed by atoms with Gasteiger partial charge in [0.25, 0.3) is 5.91 Å². The molecular weight excluding hydrogens is 248 g/mol. The summed E-state index contributed by atoms with van der Waals surface area (Å²) in [4.78, 5) is 29.7. The SMILES string of the molecule is NCCCOC1CCN(C(=O)c2c[nH]c(=O)[nH]2)CC1. The highest BCUT2D eigenvalue weighted by Crippen LogP contribution is 2.15. The first-order chi connectivity index (χ1) is 9.20. The molecule has 1 amide bonds. The van der Waals surface area contributed by atoms with Crippen molar-refractivity contribution in [3.8, 4) is 0 Å². The molecule has 1 aliphatic heterocycles. The third-order valence-corrected chi connectivity index (χ3v) is 3.26. The summed E-state index contributed by atoms with van der Waals surface area (Å²) in [6.07, 6.45) is 4.13. The minimum atomic E-state index is -0.358. The van der Waals surface area contributed by atoms with Crippen LogP contribution in [0, 0.1) is 0 Å². The Balaban J connectivity index is 1.79. The number of nitrogens with zero attached hydrogens (tertiary/aromatic N) is 1. The summed E-state index contributed by atoms with van der Waals surface area (Å²) in [5, 5.41) is 0. The van der Waals surface area contributed by atoms with E-state index >= 15 is 0 Å². The van der Waals surface area contributed by atoms with Crippen LogP contribution in [0.2, 0.25) is 0 Å². The van der Waals surface area contributed by atoms with Crippen LogP contribution in [-0.4, -0.2) is 53.1 Å². The lowest BCUT2D eigenvalue weighted by Crippen LogP contribution is -2.41. The minimum absolute atomic E-state index is 0.140. The number of carbonyl (C=O) groups excluding carboxylic acids is 1. The van der Waals surface area contributed by atoms with Gasteiger partial charge in [0.15, 0.2) is 0 Å². The molecule has 2 heterocycles. The highest BCUT2D eigenvalue weighted by Gasteiger charge is 2.24. The van der Waals surface area contributed by atoms with Crippen LogP contribution in [0.5, 0.6) is 0 Å². The predicted octanol–water partition coefficient (Wildman–Crippen LogP) is -0.327. The summed E-state index contributed by atoms with van der Waals surface area (Å²) in [6, 6.07) is 0. The van der Waals surface area contributed by atoms with Gasteiger partial charge in [0.1, 0.15) is 5.69 Å². The van der Waals surface area contributed by atoms with Crippen LogP contribution in [0.1, 0.15) is 29.8 Å². The van der Waals surface area contributed by atoms with E-state index in [0.29, 0.717) is 31.9 Å². The second kappa shape index (κ2) is 6.53. The molecule has 0 aromatic carbocycles. The Hall–Kier alpha value is -1.60. The zero-order chi connectivity index (χ0) is 13.7. The van der Waals surface area contributed by atoms with Crippen molar-refractivity contribution in [3.05, 3.63) is 22.4 Å². The number of hydrogen-bond acceptors (Lipinski definition) is 4. The van der Waals surface area contributed by atoms with Gasteiger partial charge in [-0.15, -0.1) is 0 Å². The van der Waals surface area contributed by atoms with E-state index < -0.39 is 0 Å². The lowest BCUT2D eigenvalue weighted by atomic mass is 10.1. The Kier molecular flexibility index (Phi) is 4.75. The molecule has 0 unspecified atom stereocenters. The Morgan fingerprint density at radius 1 is 1.47 bits per heavy atom. The van der Waals surface area contributed by atoms with Gasteiger partial charge in [-0.05, 0) is 25.8 Å². The number of imidazole rings is 1. The topological polar surface area (TPSA) is 104 Å². The molecule has 106 valence electrons. The fourth-order valence-corrected chi connectivity index (χ4v) is 2.18. The van der Waals surface area contributed by atoms with Crippen molar-refractivity contribution in [3.63, 3.8) is 0 Å². The first-order valence-corrected chi connectivity index (χ1v) is 6.59. The maximum atomic E-state index is 12.1. The van der Waals surface area contributed by atoms with Crippen molar-refractivity contribution in [1.29, 1.82) is 0 Å². The third kappa shape index (κ3) is 3.68. The number of nitrogens with one attached hydrogen (secondary N) is 2. The molecule has 4 N–H and O–H groups in total. The lowest BCUT2D eigenvalue weighted by Gasteiger charge is -2.31. The quantitative estimate of drug-likeness (QED) is 0.636. The first kappa shape index (κ1) is 13.8. The van der Waals surface area contributed by atoms with Crippen LogP contribution in [0.15, 0.2) is 11.0 Å². The number of amides is 1. The third-order valence-electron chi connectivity index (χ3n) is 3.26. The van der Waals surface area contributed by atoms with Gasteiger partial charge in [0.05, 0.1) is 6.10 Å². The molecule has 19 heavy (non-hydrogen) atoms. The first-order valence-electron chi connectivity index (χ1n) is 6.59. The van der Waals surface area contributed by atoms with E-state index in [-0.39, 0.29) is 17.7 Å². The molecule has 7 nitrogen and oxygen atoms in total. The van der Waals surface area contributed by atoms with Gasteiger partial charge < -0.3 is 25.3 Å². The fourth-order valence-electron chi connectivity index (χ4n) is 2.18. The molecule has 0 bridgehead atoms. The molecule has 1 fully saturated rings. The van der Waals surface area contributed by atoms with Crippen LogP contribution < -0.4 is 11.4 Å². The molecular formula is C12H20N4O3. The van der Waals surface area contributed by atoms with Crippen LogP contribution >= 0.6 is 0 Å². The second-order valence-corrected chi connectivity index (χ2v) is 4.66.